The van der Waals surface area contributed by atoms with Gasteiger partial charge in [-0.3, -0.25) is 4.79 Å². The molecule has 0 atom stereocenters. The Balaban J connectivity index is 1.21. The van der Waals surface area contributed by atoms with Crippen molar-refractivity contribution in [2.24, 2.45) is 11.3 Å². The van der Waals surface area contributed by atoms with Gasteiger partial charge in [-0.1, -0.05) is 25.1 Å². The maximum atomic E-state index is 11.7. The second kappa shape index (κ2) is 8.12. The summed E-state index contributed by atoms with van der Waals surface area (Å²) in [5.74, 6) is 1.24. The van der Waals surface area contributed by atoms with Gasteiger partial charge in [0.2, 0.25) is 0 Å². The Labute approximate surface area is 185 Å². The number of ether oxygens (including phenoxy) is 1. The molecular formula is C27H35NO3. The zero-order chi connectivity index (χ0) is 21.5. The largest absolute Gasteiger partial charge is 0.490 e. The van der Waals surface area contributed by atoms with E-state index in [1.807, 2.05) is 0 Å². The summed E-state index contributed by atoms with van der Waals surface area (Å²) in [5, 5.41) is 15.9. The van der Waals surface area contributed by atoms with Gasteiger partial charge in [-0.2, -0.15) is 0 Å². The van der Waals surface area contributed by atoms with Crippen molar-refractivity contribution in [3.8, 4) is 5.75 Å². The summed E-state index contributed by atoms with van der Waals surface area (Å²) in [5.41, 5.74) is 0.973. The molecule has 2 bridgehead atoms. The SMILES string of the molecule is C[C@H]1CC[C@H](Oc2ccc3cc(CNC45CCC(C(=O)O)(CC4)CC5)ccc3c2)CC1. The minimum absolute atomic E-state index is 0.126. The van der Waals surface area contributed by atoms with Crippen LogP contribution >= 0.6 is 0 Å². The highest BCUT2D eigenvalue weighted by molar-refractivity contribution is 5.84. The van der Waals surface area contributed by atoms with Crippen LogP contribution in [0.2, 0.25) is 0 Å². The molecule has 0 spiro atoms. The first-order chi connectivity index (χ1) is 15.0. The fraction of sp³-hybridized carbons (Fsp3) is 0.593. The van der Waals surface area contributed by atoms with Crippen LogP contribution in [-0.4, -0.2) is 22.7 Å². The standard InChI is InChI=1S/C27H35NO3/c1-19-2-7-23(8-3-19)31-24-9-6-21-16-20(4-5-22(21)17-24)18-28-27-13-10-26(11-14-27,12-15-27)25(29)30/h4-6,9,16-17,19,23,28H,2-3,7-8,10-15,18H2,1H3,(H,29,30)/t19-,23-,26?,27?. The Morgan fingerprint density at radius 1 is 0.968 bits per heavy atom. The predicted octanol–water partition coefficient (Wildman–Crippen LogP) is 6.06. The molecule has 31 heavy (non-hydrogen) atoms. The number of hydrogen-bond acceptors (Lipinski definition) is 3. The van der Waals surface area contributed by atoms with Gasteiger partial charge in [0, 0.05) is 12.1 Å². The smallest absolute Gasteiger partial charge is 0.309 e. The lowest BCUT2D eigenvalue weighted by molar-refractivity contribution is -0.156. The topological polar surface area (TPSA) is 58.6 Å². The van der Waals surface area contributed by atoms with Crippen molar-refractivity contribution in [3.63, 3.8) is 0 Å². The Kier molecular flexibility index (Phi) is 5.45. The molecule has 166 valence electrons. The molecule has 0 aromatic heterocycles. The highest BCUT2D eigenvalue weighted by atomic mass is 16.5. The minimum atomic E-state index is -0.586. The monoisotopic (exact) mass is 421 g/mol. The van der Waals surface area contributed by atoms with Gasteiger partial charge in [-0.15, -0.1) is 0 Å². The van der Waals surface area contributed by atoms with E-state index < -0.39 is 11.4 Å². The van der Waals surface area contributed by atoms with E-state index in [1.54, 1.807) is 0 Å². The number of fused-ring (bicyclic) bond motifs is 4. The molecule has 6 rings (SSSR count). The van der Waals surface area contributed by atoms with Crippen LogP contribution < -0.4 is 10.1 Å². The average molecular weight is 422 g/mol. The molecule has 0 unspecified atom stereocenters. The normalized spacial score (nSPS) is 32.8. The number of rotatable bonds is 6. The van der Waals surface area contributed by atoms with Crippen molar-refractivity contribution >= 4 is 16.7 Å². The van der Waals surface area contributed by atoms with Gasteiger partial charge in [0.25, 0.3) is 0 Å². The molecule has 4 saturated carbocycles. The summed E-state index contributed by atoms with van der Waals surface area (Å²) in [6.45, 7) is 3.18. The predicted molar refractivity (Wildman–Crippen MR) is 123 cm³/mol. The molecule has 2 aromatic rings. The molecular weight excluding hydrogens is 386 g/mol. The second-order valence-electron chi connectivity index (χ2n) is 10.6. The highest BCUT2D eigenvalue weighted by Gasteiger charge is 2.52. The summed E-state index contributed by atoms with van der Waals surface area (Å²) < 4.78 is 6.27. The van der Waals surface area contributed by atoms with Gasteiger partial charge >= 0.3 is 5.97 Å². The van der Waals surface area contributed by atoms with Crippen LogP contribution in [0.1, 0.15) is 76.7 Å². The molecule has 4 aliphatic carbocycles. The van der Waals surface area contributed by atoms with E-state index in [-0.39, 0.29) is 5.54 Å². The molecule has 4 fully saturated rings. The number of aliphatic carboxylic acids is 1. The van der Waals surface area contributed by atoms with Gasteiger partial charge in [0.15, 0.2) is 0 Å². The second-order valence-corrected chi connectivity index (χ2v) is 10.6. The third kappa shape index (κ3) is 4.19. The molecule has 2 N–H and O–H groups in total. The summed E-state index contributed by atoms with van der Waals surface area (Å²) in [7, 11) is 0. The summed E-state index contributed by atoms with van der Waals surface area (Å²) in [6.07, 6.45) is 10.6. The van der Waals surface area contributed by atoms with Crippen molar-refractivity contribution in [3.05, 3.63) is 42.0 Å². The van der Waals surface area contributed by atoms with E-state index in [2.05, 4.69) is 48.6 Å². The number of carboxylic acid groups (broad SMARTS) is 1. The Bertz CT molecular complexity index is 936. The highest BCUT2D eigenvalue weighted by Crippen LogP contribution is 2.52. The maximum absolute atomic E-state index is 11.7. The summed E-state index contributed by atoms with van der Waals surface area (Å²) >= 11 is 0. The molecule has 0 amide bonds. The van der Waals surface area contributed by atoms with Gasteiger partial charge in [0.1, 0.15) is 5.75 Å². The van der Waals surface area contributed by atoms with E-state index in [0.717, 1.165) is 56.7 Å². The zero-order valence-electron chi connectivity index (χ0n) is 18.7. The van der Waals surface area contributed by atoms with E-state index in [9.17, 15) is 9.90 Å². The van der Waals surface area contributed by atoms with Crippen LogP contribution in [0.25, 0.3) is 10.8 Å². The molecule has 4 nitrogen and oxygen atoms in total. The maximum Gasteiger partial charge on any atom is 0.309 e. The molecule has 4 heteroatoms. The number of nitrogens with one attached hydrogen (secondary N) is 1. The third-order valence-corrected chi connectivity index (χ3v) is 8.51. The number of carbonyl (C=O) groups is 1. The molecule has 2 aromatic carbocycles. The van der Waals surface area contributed by atoms with E-state index in [1.165, 1.54) is 42.0 Å². The fourth-order valence-corrected chi connectivity index (χ4v) is 6.06. The number of hydrogen-bond donors (Lipinski definition) is 2. The van der Waals surface area contributed by atoms with Crippen LogP contribution in [0.3, 0.4) is 0 Å². The van der Waals surface area contributed by atoms with Crippen LogP contribution in [0.5, 0.6) is 5.75 Å². The summed E-state index contributed by atoms with van der Waals surface area (Å²) in [4.78, 5) is 11.7. The van der Waals surface area contributed by atoms with E-state index in [0.29, 0.717) is 6.10 Å². The average Bonchev–Trinajstić information content (AvgIpc) is 2.80. The first-order valence-electron chi connectivity index (χ1n) is 12.1. The van der Waals surface area contributed by atoms with Crippen LogP contribution in [0.4, 0.5) is 0 Å². The Morgan fingerprint density at radius 3 is 2.29 bits per heavy atom. The van der Waals surface area contributed by atoms with Crippen molar-refractivity contribution in [2.75, 3.05) is 0 Å². The van der Waals surface area contributed by atoms with Gasteiger partial charge < -0.3 is 15.2 Å². The molecule has 4 aliphatic rings. The van der Waals surface area contributed by atoms with Crippen LogP contribution in [0.15, 0.2) is 36.4 Å². The zero-order valence-corrected chi connectivity index (χ0v) is 18.7. The Morgan fingerprint density at radius 2 is 1.61 bits per heavy atom. The van der Waals surface area contributed by atoms with Crippen molar-refractivity contribution in [1.29, 1.82) is 0 Å². The fourth-order valence-electron chi connectivity index (χ4n) is 6.06. The molecule has 0 saturated heterocycles. The third-order valence-electron chi connectivity index (χ3n) is 8.51. The van der Waals surface area contributed by atoms with Gasteiger partial charge in [0.05, 0.1) is 11.5 Å². The minimum Gasteiger partial charge on any atom is -0.490 e. The van der Waals surface area contributed by atoms with Crippen molar-refractivity contribution in [2.45, 2.75) is 89.3 Å². The van der Waals surface area contributed by atoms with Gasteiger partial charge in [-0.25, -0.2) is 0 Å². The lowest BCUT2D eigenvalue weighted by Gasteiger charge is -2.51. The van der Waals surface area contributed by atoms with Crippen molar-refractivity contribution < 1.29 is 14.6 Å². The number of carboxylic acids is 1. The van der Waals surface area contributed by atoms with Gasteiger partial charge in [-0.05, 0) is 105 Å². The lowest BCUT2D eigenvalue weighted by atomic mass is 9.57. The first kappa shape index (κ1) is 20.8. The molecule has 0 heterocycles. The van der Waals surface area contributed by atoms with E-state index in [4.69, 9.17) is 4.74 Å². The van der Waals surface area contributed by atoms with Crippen LogP contribution in [-0.2, 0) is 11.3 Å². The quantitative estimate of drug-likeness (QED) is 0.595. The first-order valence-corrected chi connectivity index (χ1v) is 12.1. The molecule has 0 radical (unpaired) electrons. The lowest BCUT2D eigenvalue weighted by Crippen LogP contribution is -2.56. The Hall–Kier alpha value is -2.07. The summed E-state index contributed by atoms with van der Waals surface area (Å²) in [6, 6.07) is 13.2. The van der Waals surface area contributed by atoms with Crippen molar-refractivity contribution in [1.82, 2.24) is 5.32 Å². The van der Waals surface area contributed by atoms with E-state index >= 15 is 0 Å². The van der Waals surface area contributed by atoms with Crippen LogP contribution in [0, 0.1) is 11.3 Å². The molecule has 0 aliphatic heterocycles. The number of benzene rings is 2.